The van der Waals surface area contributed by atoms with Crippen molar-refractivity contribution in [2.75, 3.05) is 5.75 Å². The Kier molecular flexibility index (Phi) is 5.58. The third-order valence-corrected chi connectivity index (χ3v) is 3.73. The number of carbonyl (C=O) groups is 1. The number of hydrogen-bond donors (Lipinski definition) is 1. The van der Waals surface area contributed by atoms with Crippen molar-refractivity contribution in [3.8, 4) is 0 Å². The minimum absolute atomic E-state index is 0.460. The van der Waals surface area contributed by atoms with Gasteiger partial charge in [-0.05, 0) is 6.42 Å². The van der Waals surface area contributed by atoms with Gasteiger partial charge in [-0.2, -0.15) is 0 Å². The normalized spacial score (nSPS) is 27.6. The first kappa shape index (κ1) is 14.1. The van der Waals surface area contributed by atoms with Crippen LogP contribution < -0.4 is 5.73 Å². The Hall–Kier alpha value is -0.940. The van der Waals surface area contributed by atoms with Crippen LogP contribution in [0.25, 0.3) is 0 Å². The van der Waals surface area contributed by atoms with E-state index in [2.05, 4.69) is 23.5 Å². The first-order valence-corrected chi connectivity index (χ1v) is 6.76. The summed E-state index contributed by atoms with van der Waals surface area (Å²) >= 11 is 1.42. The summed E-state index contributed by atoms with van der Waals surface area (Å²) in [4.78, 5) is 18.7. The van der Waals surface area contributed by atoms with Crippen LogP contribution in [0.15, 0.2) is 22.6 Å². The highest BCUT2D eigenvalue weighted by Crippen LogP contribution is 2.31. The maximum atomic E-state index is 11.0. The summed E-state index contributed by atoms with van der Waals surface area (Å²) in [6.07, 6.45) is 7.11. The Balaban J connectivity index is 2.80. The molecule has 1 aliphatic heterocycles. The molecule has 0 aromatic heterocycles. The van der Waals surface area contributed by atoms with Gasteiger partial charge in [-0.1, -0.05) is 19.4 Å². The van der Waals surface area contributed by atoms with E-state index in [0.717, 1.165) is 31.4 Å². The van der Waals surface area contributed by atoms with E-state index < -0.39 is 10.9 Å². The van der Waals surface area contributed by atoms with Crippen LogP contribution >= 0.6 is 11.8 Å². The van der Waals surface area contributed by atoms with E-state index in [1.165, 1.54) is 11.8 Å². The minimum Gasteiger partial charge on any atom is -0.302 e. The molecule has 5 heteroatoms. The molecule has 1 rings (SSSR count). The number of thioether (sulfide) groups is 1. The van der Waals surface area contributed by atoms with Crippen LogP contribution in [0.3, 0.4) is 0 Å². The van der Waals surface area contributed by atoms with Gasteiger partial charge >= 0.3 is 0 Å². The predicted molar refractivity (Wildman–Crippen MR) is 74.6 cm³/mol. The molecule has 0 aromatic carbocycles. The molecule has 0 fully saturated rings. The van der Waals surface area contributed by atoms with Gasteiger partial charge in [0.1, 0.15) is 12.1 Å². The Morgan fingerprint density at radius 2 is 2.47 bits per heavy atom. The fourth-order valence-corrected chi connectivity index (χ4v) is 2.35. The molecule has 94 valence electrons. The van der Waals surface area contributed by atoms with E-state index in [-0.39, 0.29) is 0 Å². The Labute approximate surface area is 106 Å². The van der Waals surface area contributed by atoms with Crippen molar-refractivity contribution >= 4 is 30.1 Å². The molecule has 1 aliphatic rings. The summed E-state index contributed by atoms with van der Waals surface area (Å²) in [5.41, 5.74) is 6.17. The molecule has 0 spiro atoms. The number of unbranched alkanes of at least 4 members (excludes halogenated alkanes) is 1. The highest BCUT2D eigenvalue weighted by atomic mass is 32.2. The van der Waals surface area contributed by atoms with Crippen molar-refractivity contribution in [3.05, 3.63) is 12.7 Å². The second-order valence-electron chi connectivity index (χ2n) is 3.92. The van der Waals surface area contributed by atoms with Gasteiger partial charge in [0.25, 0.3) is 0 Å². The molecule has 0 amide bonds. The maximum absolute atomic E-state index is 11.0. The number of nitrogens with zero attached hydrogens (tertiary/aromatic N) is 2. The van der Waals surface area contributed by atoms with Crippen LogP contribution in [0.2, 0.25) is 0 Å². The maximum Gasteiger partial charge on any atom is 0.172 e. The van der Waals surface area contributed by atoms with Crippen molar-refractivity contribution in [1.29, 1.82) is 0 Å². The molecule has 17 heavy (non-hydrogen) atoms. The van der Waals surface area contributed by atoms with E-state index in [0.29, 0.717) is 5.75 Å². The molecule has 0 saturated heterocycles. The number of rotatable bonds is 7. The van der Waals surface area contributed by atoms with Crippen molar-refractivity contribution in [2.45, 2.75) is 31.2 Å². The molecule has 0 bridgehead atoms. The van der Waals surface area contributed by atoms with E-state index in [1.807, 2.05) is 0 Å². The van der Waals surface area contributed by atoms with Crippen molar-refractivity contribution in [3.63, 3.8) is 0 Å². The SMILES string of the molecule is C=CCSC1(N)N=C(CCCC)N=CC1C=O. The zero-order chi connectivity index (χ0) is 12.7. The largest absolute Gasteiger partial charge is 0.302 e. The molecule has 2 unspecified atom stereocenters. The quantitative estimate of drug-likeness (QED) is 0.429. The van der Waals surface area contributed by atoms with Gasteiger partial charge in [-0.15, -0.1) is 18.3 Å². The highest BCUT2D eigenvalue weighted by Gasteiger charge is 2.36. The lowest BCUT2D eigenvalue weighted by Gasteiger charge is -2.30. The zero-order valence-electron chi connectivity index (χ0n) is 10.1. The van der Waals surface area contributed by atoms with Gasteiger partial charge in [-0.3, -0.25) is 5.73 Å². The third-order valence-electron chi connectivity index (χ3n) is 2.50. The van der Waals surface area contributed by atoms with E-state index >= 15 is 0 Å². The average Bonchev–Trinajstić information content (AvgIpc) is 2.34. The molecule has 4 nitrogen and oxygen atoms in total. The molecule has 1 heterocycles. The van der Waals surface area contributed by atoms with E-state index in [1.54, 1.807) is 12.3 Å². The smallest absolute Gasteiger partial charge is 0.172 e. The third kappa shape index (κ3) is 3.78. The van der Waals surface area contributed by atoms with Gasteiger partial charge in [-0.25, -0.2) is 9.98 Å². The van der Waals surface area contributed by atoms with Crippen LogP contribution in [0, 0.1) is 5.92 Å². The number of amidine groups is 1. The summed E-state index contributed by atoms with van der Waals surface area (Å²) in [6, 6.07) is 0. The van der Waals surface area contributed by atoms with Crippen LogP contribution in [0.5, 0.6) is 0 Å². The lowest BCUT2D eigenvalue weighted by molar-refractivity contribution is -0.109. The molecule has 0 aromatic rings. The lowest BCUT2D eigenvalue weighted by atomic mass is 10.1. The monoisotopic (exact) mass is 253 g/mol. The number of aldehydes is 1. The van der Waals surface area contributed by atoms with E-state index in [4.69, 9.17) is 5.73 Å². The summed E-state index contributed by atoms with van der Waals surface area (Å²) < 4.78 is 0. The molecule has 0 aliphatic carbocycles. The standard InChI is InChI=1S/C12H19N3OS/c1-3-5-6-11-14-8-10(9-16)12(13,15-11)17-7-4-2/h4,8-10H,2-3,5-7,13H2,1H3. The Morgan fingerprint density at radius 1 is 1.71 bits per heavy atom. The topological polar surface area (TPSA) is 67.8 Å². The van der Waals surface area contributed by atoms with Gasteiger partial charge in [0.05, 0.1) is 5.92 Å². The summed E-state index contributed by atoms with van der Waals surface area (Å²) in [5.74, 6) is 0.945. The first-order chi connectivity index (χ1) is 8.16. The molecule has 2 atom stereocenters. The van der Waals surface area contributed by atoms with Gasteiger partial charge in [0.15, 0.2) is 4.99 Å². The molecular weight excluding hydrogens is 234 g/mol. The molecular formula is C12H19N3OS. The van der Waals surface area contributed by atoms with Gasteiger partial charge in [0, 0.05) is 18.4 Å². The fraction of sp³-hybridized carbons (Fsp3) is 0.583. The van der Waals surface area contributed by atoms with Gasteiger partial charge in [0.2, 0.25) is 0 Å². The Bertz CT molecular complexity index is 341. The fourth-order valence-electron chi connectivity index (χ4n) is 1.49. The summed E-state index contributed by atoms with van der Waals surface area (Å²) in [6.45, 7) is 5.76. The van der Waals surface area contributed by atoms with Crippen LogP contribution in [0.4, 0.5) is 0 Å². The highest BCUT2D eigenvalue weighted by molar-refractivity contribution is 8.00. The number of carbonyl (C=O) groups excluding carboxylic acids is 1. The second kappa shape index (κ2) is 6.71. The second-order valence-corrected chi connectivity index (χ2v) is 5.20. The van der Waals surface area contributed by atoms with Crippen LogP contribution in [0.1, 0.15) is 26.2 Å². The van der Waals surface area contributed by atoms with Crippen molar-refractivity contribution < 1.29 is 4.79 Å². The van der Waals surface area contributed by atoms with Crippen LogP contribution in [-0.4, -0.2) is 29.1 Å². The van der Waals surface area contributed by atoms with Crippen molar-refractivity contribution in [1.82, 2.24) is 0 Å². The minimum atomic E-state index is -0.916. The van der Waals surface area contributed by atoms with Crippen LogP contribution in [-0.2, 0) is 4.79 Å². The molecule has 0 radical (unpaired) electrons. The number of nitrogens with two attached hydrogens (primary N) is 1. The number of hydrogen-bond acceptors (Lipinski definition) is 5. The Morgan fingerprint density at radius 3 is 3.06 bits per heavy atom. The predicted octanol–water partition coefficient (Wildman–Crippen LogP) is 2.01. The molecule has 2 N–H and O–H groups in total. The molecule has 0 saturated carbocycles. The summed E-state index contributed by atoms with van der Waals surface area (Å²) in [5, 5.41) is 0. The number of aliphatic imine (C=N–C) groups is 2. The average molecular weight is 253 g/mol. The zero-order valence-corrected chi connectivity index (χ0v) is 10.9. The van der Waals surface area contributed by atoms with E-state index in [9.17, 15) is 4.79 Å². The van der Waals surface area contributed by atoms with Crippen molar-refractivity contribution in [2.24, 2.45) is 21.6 Å². The first-order valence-electron chi connectivity index (χ1n) is 5.78. The summed E-state index contributed by atoms with van der Waals surface area (Å²) in [7, 11) is 0. The van der Waals surface area contributed by atoms with Gasteiger partial charge < -0.3 is 4.79 Å². The lowest BCUT2D eigenvalue weighted by Crippen LogP contribution is -2.46.